The smallest absolute Gasteiger partial charge is 0.306 e. The molecule has 0 saturated heterocycles. The monoisotopic (exact) mass is 220 g/mol. The minimum Gasteiger partial charge on any atom is -0.481 e. The van der Waals surface area contributed by atoms with Crippen LogP contribution >= 0.6 is 0 Å². The van der Waals surface area contributed by atoms with Crippen molar-refractivity contribution in [3.8, 4) is 0 Å². The van der Waals surface area contributed by atoms with Crippen LogP contribution in [-0.2, 0) is 10.2 Å². The van der Waals surface area contributed by atoms with Crippen LogP contribution in [0.5, 0.6) is 0 Å². The maximum absolute atomic E-state index is 12.8. The number of hydrogen-bond donors (Lipinski definition) is 1. The molecule has 1 N–H and O–H groups in total. The summed E-state index contributed by atoms with van der Waals surface area (Å²) >= 11 is 0. The van der Waals surface area contributed by atoms with Crippen molar-refractivity contribution >= 4 is 5.97 Å². The fraction of sp³-hybridized carbons (Fsp3) is 0.462. The van der Waals surface area contributed by atoms with Gasteiger partial charge in [0.1, 0.15) is 5.82 Å². The quantitative estimate of drug-likeness (QED) is 0.831. The molecule has 3 fully saturated rings. The fourth-order valence-corrected chi connectivity index (χ4v) is 3.43. The number of halogens is 1. The van der Waals surface area contributed by atoms with Gasteiger partial charge in [0.2, 0.25) is 0 Å². The first-order valence-corrected chi connectivity index (χ1v) is 5.60. The lowest BCUT2D eigenvalue weighted by Crippen LogP contribution is -2.32. The van der Waals surface area contributed by atoms with Gasteiger partial charge in [0.05, 0.1) is 5.92 Å². The van der Waals surface area contributed by atoms with Crippen LogP contribution < -0.4 is 0 Å². The molecular weight excluding hydrogens is 207 g/mol. The molecule has 0 heterocycles. The molecule has 0 aromatic heterocycles. The molecule has 0 spiro atoms. The molecule has 0 aliphatic heterocycles. The van der Waals surface area contributed by atoms with E-state index in [1.54, 1.807) is 12.1 Å². The van der Waals surface area contributed by atoms with E-state index in [0.29, 0.717) is 5.92 Å². The predicted molar refractivity (Wildman–Crippen MR) is 56.5 cm³/mol. The third-order valence-electron chi connectivity index (χ3n) is 4.26. The summed E-state index contributed by atoms with van der Waals surface area (Å²) in [5.41, 5.74) is 1.13. The van der Waals surface area contributed by atoms with Gasteiger partial charge in [-0.05, 0) is 48.3 Å². The molecule has 3 saturated carbocycles. The Hall–Kier alpha value is -1.38. The summed E-state index contributed by atoms with van der Waals surface area (Å²) in [7, 11) is 0. The molecule has 84 valence electrons. The second-order valence-corrected chi connectivity index (χ2v) is 5.10. The number of fused-ring (bicyclic) bond motifs is 1. The summed E-state index contributed by atoms with van der Waals surface area (Å²) in [5.74, 6) is -0.761. The third-order valence-corrected chi connectivity index (χ3v) is 4.26. The Morgan fingerprint density at radius 1 is 1.25 bits per heavy atom. The third kappa shape index (κ3) is 1.20. The maximum atomic E-state index is 12.8. The van der Waals surface area contributed by atoms with Crippen LogP contribution in [0.1, 0.15) is 24.8 Å². The lowest BCUT2D eigenvalue weighted by Gasteiger charge is -2.39. The molecule has 3 heteroatoms. The normalized spacial score (nSPS) is 35.8. The van der Waals surface area contributed by atoms with E-state index in [2.05, 4.69) is 0 Å². The molecule has 2 bridgehead atoms. The molecule has 0 amide bonds. The largest absolute Gasteiger partial charge is 0.481 e. The van der Waals surface area contributed by atoms with E-state index in [9.17, 15) is 9.18 Å². The number of hydrogen-bond acceptors (Lipinski definition) is 1. The van der Waals surface area contributed by atoms with Crippen LogP contribution in [0, 0.1) is 17.7 Å². The first-order chi connectivity index (χ1) is 7.61. The highest BCUT2D eigenvalue weighted by Gasteiger charge is 2.58. The van der Waals surface area contributed by atoms with Gasteiger partial charge in [-0.2, -0.15) is 0 Å². The van der Waals surface area contributed by atoms with E-state index < -0.39 is 5.97 Å². The zero-order valence-corrected chi connectivity index (χ0v) is 8.82. The van der Waals surface area contributed by atoms with Gasteiger partial charge in [-0.15, -0.1) is 0 Å². The van der Waals surface area contributed by atoms with Crippen molar-refractivity contribution in [3.63, 3.8) is 0 Å². The van der Waals surface area contributed by atoms with Crippen LogP contribution in [-0.4, -0.2) is 11.1 Å². The number of carbonyl (C=O) groups is 1. The van der Waals surface area contributed by atoms with Gasteiger partial charge in [0.25, 0.3) is 0 Å². The SMILES string of the molecule is O=C(O)C1CC2(c3ccc(F)cc3)CC1C2. The number of benzene rings is 1. The zero-order chi connectivity index (χ0) is 11.3. The van der Waals surface area contributed by atoms with Crippen molar-refractivity contribution in [1.29, 1.82) is 0 Å². The Morgan fingerprint density at radius 2 is 1.88 bits per heavy atom. The Bertz CT molecular complexity index is 432. The molecule has 3 aliphatic rings. The number of carboxylic acids is 1. The summed E-state index contributed by atoms with van der Waals surface area (Å²) in [6.45, 7) is 0. The molecule has 1 aromatic rings. The molecule has 2 nitrogen and oxygen atoms in total. The van der Waals surface area contributed by atoms with Crippen molar-refractivity contribution in [2.45, 2.75) is 24.7 Å². The highest BCUT2D eigenvalue weighted by molar-refractivity contribution is 5.72. The number of aliphatic carboxylic acids is 1. The Labute approximate surface area is 93.1 Å². The van der Waals surface area contributed by atoms with Crippen LogP contribution in [0.4, 0.5) is 4.39 Å². The summed E-state index contributed by atoms with van der Waals surface area (Å²) in [6, 6.07) is 6.53. The molecule has 0 radical (unpaired) electrons. The molecule has 1 unspecified atom stereocenters. The molecule has 3 aliphatic carbocycles. The van der Waals surface area contributed by atoms with Crippen LogP contribution in [0.15, 0.2) is 24.3 Å². The predicted octanol–water partition coefficient (Wildman–Crippen LogP) is 2.58. The first-order valence-electron chi connectivity index (χ1n) is 5.60. The summed E-state index contributed by atoms with van der Waals surface area (Å²) in [6.07, 6.45) is 2.63. The molecule has 4 rings (SSSR count). The van der Waals surface area contributed by atoms with Gasteiger partial charge < -0.3 is 5.11 Å². The van der Waals surface area contributed by atoms with E-state index >= 15 is 0 Å². The minimum absolute atomic E-state index is 0.0292. The lowest BCUT2D eigenvalue weighted by atomic mass is 9.65. The van der Waals surface area contributed by atoms with Gasteiger partial charge in [0.15, 0.2) is 0 Å². The van der Waals surface area contributed by atoms with E-state index in [4.69, 9.17) is 5.11 Å². The standard InChI is InChI=1S/C13H13FO2/c14-10-3-1-9(2-4-10)13-5-8(6-13)11(7-13)12(15)16/h1-4,8,11H,5-7H2,(H,15,16). The van der Waals surface area contributed by atoms with Gasteiger partial charge in [-0.3, -0.25) is 4.79 Å². The Kier molecular flexibility index (Phi) is 1.88. The van der Waals surface area contributed by atoms with Gasteiger partial charge >= 0.3 is 5.97 Å². The number of carboxylic acid groups (broad SMARTS) is 1. The average Bonchev–Trinajstić information content (AvgIpc) is 2.73. The van der Waals surface area contributed by atoms with Crippen molar-refractivity contribution in [2.24, 2.45) is 11.8 Å². The topological polar surface area (TPSA) is 37.3 Å². The van der Waals surface area contributed by atoms with Crippen molar-refractivity contribution in [2.75, 3.05) is 0 Å². The molecule has 16 heavy (non-hydrogen) atoms. The number of rotatable bonds is 2. The van der Waals surface area contributed by atoms with Crippen LogP contribution in [0.3, 0.4) is 0 Å². The summed E-state index contributed by atoms with van der Waals surface area (Å²) in [4.78, 5) is 11.0. The Balaban J connectivity index is 1.88. The average molecular weight is 220 g/mol. The lowest BCUT2D eigenvalue weighted by molar-refractivity contribution is -0.142. The fourth-order valence-electron chi connectivity index (χ4n) is 3.43. The van der Waals surface area contributed by atoms with Crippen molar-refractivity contribution in [3.05, 3.63) is 35.6 Å². The van der Waals surface area contributed by atoms with Crippen LogP contribution in [0.2, 0.25) is 0 Å². The van der Waals surface area contributed by atoms with E-state index in [0.717, 1.165) is 24.8 Å². The first kappa shape index (κ1) is 9.82. The second-order valence-electron chi connectivity index (χ2n) is 5.10. The Morgan fingerprint density at radius 3 is 2.38 bits per heavy atom. The van der Waals surface area contributed by atoms with E-state index in [1.807, 2.05) is 0 Å². The van der Waals surface area contributed by atoms with Crippen molar-refractivity contribution < 1.29 is 14.3 Å². The second kappa shape index (κ2) is 3.06. The van der Waals surface area contributed by atoms with E-state index in [-0.39, 0.29) is 17.2 Å². The summed E-state index contributed by atoms with van der Waals surface area (Å²) < 4.78 is 12.8. The van der Waals surface area contributed by atoms with Gasteiger partial charge in [0, 0.05) is 0 Å². The highest BCUT2D eigenvalue weighted by atomic mass is 19.1. The molecule has 1 aromatic carbocycles. The molecular formula is C13H13FO2. The summed E-state index contributed by atoms with van der Waals surface area (Å²) in [5, 5.41) is 9.06. The minimum atomic E-state index is -0.675. The molecule has 1 atom stereocenters. The van der Waals surface area contributed by atoms with Gasteiger partial charge in [-0.1, -0.05) is 12.1 Å². The van der Waals surface area contributed by atoms with E-state index in [1.165, 1.54) is 12.1 Å². The highest BCUT2D eigenvalue weighted by Crippen LogP contribution is 2.62. The maximum Gasteiger partial charge on any atom is 0.306 e. The van der Waals surface area contributed by atoms with Gasteiger partial charge in [-0.25, -0.2) is 4.39 Å². The van der Waals surface area contributed by atoms with Crippen molar-refractivity contribution in [1.82, 2.24) is 0 Å². The van der Waals surface area contributed by atoms with Crippen LogP contribution in [0.25, 0.3) is 0 Å². The zero-order valence-electron chi connectivity index (χ0n) is 8.82.